The van der Waals surface area contributed by atoms with Crippen LogP contribution in [0.3, 0.4) is 0 Å². The Kier molecular flexibility index (Phi) is 4.00. The second kappa shape index (κ2) is 6.33. The third-order valence-corrected chi connectivity index (χ3v) is 6.02. The van der Waals surface area contributed by atoms with E-state index >= 15 is 0 Å². The third-order valence-electron chi connectivity index (χ3n) is 5.49. The van der Waals surface area contributed by atoms with Gasteiger partial charge >= 0.3 is 0 Å². The van der Waals surface area contributed by atoms with Crippen molar-refractivity contribution in [1.29, 1.82) is 0 Å². The molecular formula is C21H16Cl2FN3O. The van der Waals surface area contributed by atoms with Crippen molar-refractivity contribution in [2.75, 3.05) is 4.90 Å². The molecule has 3 aromatic rings. The number of benzene rings is 2. The molecule has 1 atom stereocenters. The molecule has 1 aliphatic heterocycles. The summed E-state index contributed by atoms with van der Waals surface area (Å²) in [4.78, 5) is 14.8. The second-order valence-electron chi connectivity index (χ2n) is 7.33. The first-order valence-electron chi connectivity index (χ1n) is 9.09. The first-order valence-corrected chi connectivity index (χ1v) is 9.84. The highest BCUT2D eigenvalue weighted by molar-refractivity contribution is 6.31. The van der Waals surface area contributed by atoms with Crippen LogP contribution in [0, 0.1) is 12.7 Å². The quantitative estimate of drug-likeness (QED) is 0.588. The van der Waals surface area contributed by atoms with Gasteiger partial charge < -0.3 is 0 Å². The molecule has 1 fully saturated rings. The first kappa shape index (κ1) is 17.7. The van der Waals surface area contributed by atoms with Gasteiger partial charge in [0.1, 0.15) is 0 Å². The van der Waals surface area contributed by atoms with Crippen LogP contribution in [-0.2, 0) is 0 Å². The van der Waals surface area contributed by atoms with Crippen molar-refractivity contribution in [3.05, 3.63) is 80.3 Å². The molecule has 142 valence electrons. The summed E-state index contributed by atoms with van der Waals surface area (Å²) in [5, 5.41) is 7.94. The summed E-state index contributed by atoms with van der Waals surface area (Å²) in [5.74, 6) is -0.585. The van der Waals surface area contributed by atoms with E-state index in [9.17, 15) is 9.18 Å². The van der Waals surface area contributed by atoms with Gasteiger partial charge in [-0.2, -0.15) is 5.10 Å². The average Bonchev–Trinajstić information content (AvgIpc) is 3.35. The lowest BCUT2D eigenvalue weighted by Gasteiger charge is -2.28. The van der Waals surface area contributed by atoms with Crippen LogP contribution in [0.25, 0.3) is 0 Å². The Hall–Kier alpha value is -2.37. The van der Waals surface area contributed by atoms with E-state index in [1.165, 1.54) is 11.0 Å². The van der Waals surface area contributed by atoms with E-state index in [-0.39, 0.29) is 16.6 Å². The Balaban J connectivity index is 1.76. The second-order valence-corrected chi connectivity index (χ2v) is 8.17. The summed E-state index contributed by atoms with van der Waals surface area (Å²) in [5.41, 5.74) is 4.11. The van der Waals surface area contributed by atoms with Gasteiger partial charge in [0.15, 0.2) is 11.5 Å². The molecule has 1 N–H and O–H groups in total. The van der Waals surface area contributed by atoms with Gasteiger partial charge in [-0.05, 0) is 55.2 Å². The standard InChI is InChI=1S/C21H16Cl2FN3O/c1-10-9-12(22)7-8-13(10)20-16-18(11-5-6-11)25-26-19(16)21(28)27(20)15-4-2-3-14(23)17(15)24/h2-4,7-9,11,20H,5-6H2,1H3,(H,25,26). The zero-order chi connectivity index (χ0) is 19.6. The van der Waals surface area contributed by atoms with Gasteiger partial charge in [0.2, 0.25) is 0 Å². The fourth-order valence-electron chi connectivity index (χ4n) is 4.02. The number of anilines is 1. The van der Waals surface area contributed by atoms with Crippen molar-refractivity contribution in [1.82, 2.24) is 10.2 Å². The van der Waals surface area contributed by atoms with Crippen LogP contribution in [0.1, 0.15) is 57.7 Å². The van der Waals surface area contributed by atoms with Crippen molar-refractivity contribution >= 4 is 34.8 Å². The van der Waals surface area contributed by atoms with E-state index in [0.29, 0.717) is 16.6 Å². The predicted molar refractivity (Wildman–Crippen MR) is 107 cm³/mol. The van der Waals surface area contributed by atoms with Crippen LogP contribution in [0.15, 0.2) is 36.4 Å². The fourth-order valence-corrected chi connectivity index (χ4v) is 4.41. The topological polar surface area (TPSA) is 49.0 Å². The van der Waals surface area contributed by atoms with Gasteiger partial charge in [-0.3, -0.25) is 14.8 Å². The van der Waals surface area contributed by atoms with Gasteiger partial charge in [-0.1, -0.05) is 35.3 Å². The van der Waals surface area contributed by atoms with Crippen LogP contribution in [0.4, 0.5) is 10.1 Å². The third kappa shape index (κ3) is 2.57. The van der Waals surface area contributed by atoms with E-state index in [1.807, 2.05) is 19.1 Å². The summed E-state index contributed by atoms with van der Waals surface area (Å²) >= 11 is 12.2. The number of fused-ring (bicyclic) bond motifs is 1. The van der Waals surface area contributed by atoms with Gasteiger partial charge in [-0.25, -0.2) is 4.39 Å². The number of rotatable bonds is 3. The Morgan fingerprint density at radius 2 is 2.00 bits per heavy atom. The zero-order valence-corrected chi connectivity index (χ0v) is 16.5. The summed E-state index contributed by atoms with van der Waals surface area (Å²) in [7, 11) is 0. The minimum Gasteiger partial charge on any atom is -0.292 e. The van der Waals surface area contributed by atoms with Gasteiger partial charge in [0, 0.05) is 22.2 Å². The molecule has 28 heavy (non-hydrogen) atoms. The number of carbonyl (C=O) groups is 1. The fraction of sp³-hybridized carbons (Fsp3) is 0.238. The Morgan fingerprint density at radius 1 is 1.21 bits per heavy atom. The molecule has 2 aromatic carbocycles. The lowest BCUT2D eigenvalue weighted by atomic mass is 9.94. The number of hydrogen-bond donors (Lipinski definition) is 1. The molecule has 4 nitrogen and oxygen atoms in total. The van der Waals surface area contributed by atoms with Gasteiger partial charge in [0.05, 0.1) is 16.8 Å². The smallest absolute Gasteiger partial charge is 0.280 e. The lowest BCUT2D eigenvalue weighted by Crippen LogP contribution is -2.30. The van der Waals surface area contributed by atoms with E-state index in [1.54, 1.807) is 18.2 Å². The molecule has 2 aliphatic rings. The normalized spacial score (nSPS) is 18.6. The number of carbonyl (C=O) groups excluding carboxylic acids is 1. The molecule has 0 saturated heterocycles. The molecule has 2 heterocycles. The number of aromatic nitrogens is 2. The van der Waals surface area contributed by atoms with Crippen LogP contribution in [-0.4, -0.2) is 16.1 Å². The molecule has 1 aromatic heterocycles. The van der Waals surface area contributed by atoms with E-state index in [4.69, 9.17) is 23.2 Å². The molecule has 1 amide bonds. The first-order chi connectivity index (χ1) is 13.5. The summed E-state index contributed by atoms with van der Waals surface area (Å²) < 4.78 is 14.9. The predicted octanol–water partition coefficient (Wildman–Crippen LogP) is 5.79. The molecule has 1 aliphatic carbocycles. The lowest BCUT2D eigenvalue weighted by molar-refractivity contribution is 0.0988. The van der Waals surface area contributed by atoms with Crippen LogP contribution in [0.2, 0.25) is 10.0 Å². The maximum absolute atomic E-state index is 14.9. The molecule has 0 spiro atoms. The van der Waals surface area contributed by atoms with Crippen molar-refractivity contribution in [2.45, 2.75) is 31.7 Å². The molecule has 7 heteroatoms. The number of amides is 1. The van der Waals surface area contributed by atoms with Crippen molar-refractivity contribution in [3.63, 3.8) is 0 Å². The number of H-pyrrole nitrogens is 1. The van der Waals surface area contributed by atoms with Gasteiger partial charge in [-0.15, -0.1) is 0 Å². The molecule has 5 rings (SSSR count). The molecule has 0 bridgehead atoms. The van der Waals surface area contributed by atoms with E-state index < -0.39 is 11.9 Å². The SMILES string of the molecule is Cc1cc(Cl)ccc1C1c2c(n[nH]c2C2CC2)C(=O)N1c1cccc(Cl)c1F. The Bertz CT molecular complexity index is 1120. The van der Waals surface area contributed by atoms with Crippen molar-refractivity contribution in [2.24, 2.45) is 0 Å². The number of hydrogen-bond acceptors (Lipinski definition) is 2. The Morgan fingerprint density at radius 3 is 2.71 bits per heavy atom. The molecular weight excluding hydrogens is 400 g/mol. The van der Waals surface area contributed by atoms with E-state index in [0.717, 1.165) is 35.2 Å². The highest BCUT2D eigenvalue weighted by Gasteiger charge is 2.46. The zero-order valence-electron chi connectivity index (χ0n) is 15.0. The highest BCUT2D eigenvalue weighted by atomic mass is 35.5. The number of aromatic amines is 1. The number of aryl methyl sites for hydroxylation is 1. The summed E-state index contributed by atoms with van der Waals surface area (Å²) in [6.07, 6.45) is 2.11. The minimum absolute atomic E-state index is 0.0228. The maximum atomic E-state index is 14.9. The number of halogens is 3. The molecule has 1 saturated carbocycles. The number of nitrogens with one attached hydrogen (secondary N) is 1. The van der Waals surface area contributed by atoms with E-state index in [2.05, 4.69) is 10.2 Å². The largest absolute Gasteiger partial charge is 0.292 e. The van der Waals surface area contributed by atoms with Crippen LogP contribution in [0.5, 0.6) is 0 Å². The van der Waals surface area contributed by atoms with Gasteiger partial charge in [0.25, 0.3) is 5.91 Å². The molecule has 1 unspecified atom stereocenters. The van der Waals surface area contributed by atoms with Crippen LogP contribution >= 0.6 is 23.2 Å². The van der Waals surface area contributed by atoms with Crippen molar-refractivity contribution < 1.29 is 9.18 Å². The number of nitrogens with zero attached hydrogens (tertiary/aromatic N) is 2. The minimum atomic E-state index is -0.615. The van der Waals surface area contributed by atoms with Crippen LogP contribution < -0.4 is 4.90 Å². The Labute approximate surface area is 171 Å². The summed E-state index contributed by atoms with van der Waals surface area (Å²) in [6, 6.07) is 9.73. The summed E-state index contributed by atoms with van der Waals surface area (Å²) in [6.45, 7) is 1.94. The highest BCUT2D eigenvalue weighted by Crippen LogP contribution is 2.50. The molecule has 0 radical (unpaired) electrons. The van der Waals surface area contributed by atoms with Crippen molar-refractivity contribution in [3.8, 4) is 0 Å². The maximum Gasteiger partial charge on any atom is 0.280 e. The monoisotopic (exact) mass is 415 g/mol. The average molecular weight is 416 g/mol.